The molecule has 4 rings (SSSR count). The summed E-state index contributed by atoms with van der Waals surface area (Å²) in [5.74, 6) is 0.987. The average molecular weight is 452 g/mol. The van der Waals surface area contributed by atoms with Crippen LogP contribution < -0.4 is 4.74 Å². The molecule has 0 N–H and O–H groups in total. The molecule has 2 aromatic heterocycles. The summed E-state index contributed by atoms with van der Waals surface area (Å²) in [6, 6.07) is 5.62. The molecule has 0 unspecified atom stereocenters. The summed E-state index contributed by atoms with van der Waals surface area (Å²) in [6.07, 6.45) is 0. The average Bonchev–Trinajstić information content (AvgIpc) is 3.21. The molecule has 3 aromatic rings. The van der Waals surface area contributed by atoms with Crippen LogP contribution in [0.25, 0.3) is 21.6 Å². The van der Waals surface area contributed by atoms with Gasteiger partial charge in [-0.25, -0.2) is 9.97 Å². The molecule has 0 bridgehead atoms. The summed E-state index contributed by atoms with van der Waals surface area (Å²) in [7, 11) is 0. The number of morpholine rings is 1. The number of ether oxygens (including phenoxy) is 2. The number of hydrogen-bond donors (Lipinski definition) is 0. The number of halogens is 2. The molecule has 0 saturated carbocycles. The van der Waals surface area contributed by atoms with Gasteiger partial charge in [-0.3, -0.25) is 4.90 Å². The normalized spacial score (nSPS) is 15.3. The number of fused-ring (bicyclic) bond motifs is 1. The van der Waals surface area contributed by atoms with Crippen LogP contribution in [0.4, 0.5) is 0 Å². The third-order valence-corrected chi connectivity index (χ3v) is 6.50. The number of pyridine rings is 1. The highest BCUT2D eigenvalue weighted by molar-refractivity contribution is 7.13. The minimum Gasteiger partial charge on any atom is -0.491 e. The molecule has 1 saturated heterocycles. The van der Waals surface area contributed by atoms with E-state index in [-0.39, 0.29) is 0 Å². The van der Waals surface area contributed by atoms with Crippen LogP contribution in [0.1, 0.15) is 25.5 Å². The number of aromatic nitrogens is 2. The highest BCUT2D eigenvalue weighted by Gasteiger charge is 2.16. The molecular weight excluding hydrogens is 429 g/mol. The van der Waals surface area contributed by atoms with Gasteiger partial charge in [0.1, 0.15) is 28.1 Å². The summed E-state index contributed by atoms with van der Waals surface area (Å²) in [5, 5.41) is 4.79. The van der Waals surface area contributed by atoms with Crippen LogP contribution >= 0.6 is 34.5 Å². The summed E-state index contributed by atoms with van der Waals surface area (Å²) in [6.45, 7) is 9.05. The first-order valence-corrected chi connectivity index (χ1v) is 11.3. The lowest BCUT2D eigenvalue weighted by atomic mass is 10.1. The van der Waals surface area contributed by atoms with Crippen LogP contribution in [0.5, 0.6) is 5.75 Å². The van der Waals surface area contributed by atoms with Crippen LogP contribution in [0.15, 0.2) is 23.6 Å². The van der Waals surface area contributed by atoms with E-state index in [1.54, 1.807) is 11.3 Å². The molecule has 29 heavy (non-hydrogen) atoms. The van der Waals surface area contributed by atoms with Crippen LogP contribution in [0, 0.1) is 0 Å². The molecular formula is C21H23Cl2N3O2S. The topological polar surface area (TPSA) is 47.5 Å². The van der Waals surface area contributed by atoms with Crippen LogP contribution in [0.3, 0.4) is 0 Å². The second-order valence-corrected chi connectivity index (χ2v) is 8.94. The van der Waals surface area contributed by atoms with Crippen molar-refractivity contribution in [3.8, 4) is 16.5 Å². The second-order valence-electron chi connectivity index (χ2n) is 7.30. The Labute approximate surface area is 184 Å². The smallest absolute Gasteiger partial charge is 0.142 e. The molecule has 1 aliphatic rings. The maximum Gasteiger partial charge on any atom is 0.142 e. The fraction of sp³-hybridized carbons (Fsp3) is 0.429. The minimum absolute atomic E-state index is 0.367. The fourth-order valence-electron chi connectivity index (χ4n) is 3.20. The highest BCUT2D eigenvalue weighted by Crippen LogP contribution is 2.37. The predicted octanol–water partition coefficient (Wildman–Crippen LogP) is 5.50. The monoisotopic (exact) mass is 451 g/mol. The Morgan fingerprint density at radius 3 is 2.72 bits per heavy atom. The van der Waals surface area contributed by atoms with Crippen molar-refractivity contribution in [2.75, 3.05) is 39.5 Å². The van der Waals surface area contributed by atoms with Gasteiger partial charge >= 0.3 is 0 Å². The van der Waals surface area contributed by atoms with Crippen molar-refractivity contribution in [3.63, 3.8) is 0 Å². The van der Waals surface area contributed by atoms with E-state index in [1.807, 2.05) is 18.2 Å². The zero-order valence-corrected chi connectivity index (χ0v) is 18.8. The molecule has 5 nitrogen and oxygen atoms in total. The zero-order valence-electron chi connectivity index (χ0n) is 16.5. The van der Waals surface area contributed by atoms with Gasteiger partial charge in [0, 0.05) is 30.4 Å². The van der Waals surface area contributed by atoms with Gasteiger partial charge in [-0.15, -0.1) is 11.3 Å². The Morgan fingerprint density at radius 2 is 2.00 bits per heavy atom. The van der Waals surface area contributed by atoms with E-state index in [0.717, 1.165) is 54.6 Å². The van der Waals surface area contributed by atoms with Gasteiger partial charge in [0.25, 0.3) is 0 Å². The Morgan fingerprint density at radius 1 is 1.21 bits per heavy atom. The molecule has 1 aliphatic heterocycles. The van der Waals surface area contributed by atoms with Crippen molar-refractivity contribution in [1.82, 2.24) is 14.9 Å². The summed E-state index contributed by atoms with van der Waals surface area (Å²) in [5.41, 5.74) is 2.42. The molecule has 154 valence electrons. The van der Waals surface area contributed by atoms with E-state index in [9.17, 15) is 0 Å². The van der Waals surface area contributed by atoms with Gasteiger partial charge in [0.2, 0.25) is 0 Å². The first-order chi connectivity index (χ1) is 14.0. The van der Waals surface area contributed by atoms with E-state index >= 15 is 0 Å². The number of nitrogens with zero attached hydrogens (tertiary/aromatic N) is 3. The van der Waals surface area contributed by atoms with Crippen molar-refractivity contribution >= 4 is 45.4 Å². The maximum atomic E-state index is 6.65. The molecule has 0 aliphatic carbocycles. The second kappa shape index (κ2) is 9.14. The molecule has 3 heterocycles. The van der Waals surface area contributed by atoms with Gasteiger partial charge in [-0.05, 0) is 24.1 Å². The Kier molecular flexibility index (Phi) is 6.56. The van der Waals surface area contributed by atoms with Gasteiger partial charge in [-0.1, -0.05) is 37.0 Å². The van der Waals surface area contributed by atoms with Crippen LogP contribution in [0.2, 0.25) is 10.0 Å². The first kappa shape index (κ1) is 20.8. The molecule has 1 fully saturated rings. The number of hydrogen-bond acceptors (Lipinski definition) is 6. The predicted molar refractivity (Wildman–Crippen MR) is 120 cm³/mol. The summed E-state index contributed by atoms with van der Waals surface area (Å²) < 4.78 is 11.3. The SMILES string of the molecule is CC(C)c1csc(-c2cc(Cl)c3ccc(OCCN4CCOCC4)c(Cl)c3n2)n1. The summed E-state index contributed by atoms with van der Waals surface area (Å²) in [4.78, 5) is 11.8. The van der Waals surface area contributed by atoms with Gasteiger partial charge in [0.05, 0.1) is 29.4 Å². The summed E-state index contributed by atoms with van der Waals surface area (Å²) >= 11 is 14.7. The van der Waals surface area contributed by atoms with Crippen LogP contribution in [-0.4, -0.2) is 54.3 Å². The number of thiazole rings is 1. The highest BCUT2D eigenvalue weighted by atomic mass is 35.5. The molecule has 1 aromatic carbocycles. The van der Waals surface area contributed by atoms with Crippen molar-refractivity contribution in [2.24, 2.45) is 0 Å². The van der Waals surface area contributed by atoms with Crippen molar-refractivity contribution in [1.29, 1.82) is 0 Å². The van der Waals surface area contributed by atoms with Crippen molar-refractivity contribution < 1.29 is 9.47 Å². The van der Waals surface area contributed by atoms with E-state index in [0.29, 0.717) is 33.8 Å². The van der Waals surface area contributed by atoms with Crippen LogP contribution in [-0.2, 0) is 4.74 Å². The van der Waals surface area contributed by atoms with Gasteiger partial charge in [-0.2, -0.15) is 0 Å². The van der Waals surface area contributed by atoms with Gasteiger partial charge in [0.15, 0.2) is 0 Å². The Hall–Kier alpha value is -1.44. The lowest BCUT2D eigenvalue weighted by molar-refractivity contribution is 0.0322. The van der Waals surface area contributed by atoms with Gasteiger partial charge < -0.3 is 9.47 Å². The first-order valence-electron chi connectivity index (χ1n) is 9.70. The Bertz CT molecular complexity index is 1000. The minimum atomic E-state index is 0.367. The van der Waals surface area contributed by atoms with E-state index < -0.39 is 0 Å². The molecule has 0 atom stereocenters. The molecule has 0 spiro atoms. The molecule has 0 radical (unpaired) electrons. The number of benzene rings is 1. The van der Waals surface area contributed by atoms with Crippen molar-refractivity contribution in [2.45, 2.75) is 19.8 Å². The van der Waals surface area contributed by atoms with E-state index in [2.05, 4.69) is 29.1 Å². The maximum absolute atomic E-state index is 6.65. The molecule has 8 heteroatoms. The third-order valence-electron chi connectivity index (χ3n) is 4.94. The van der Waals surface area contributed by atoms with E-state index in [4.69, 9.17) is 37.7 Å². The Balaban J connectivity index is 1.58. The zero-order chi connectivity index (χ0) is 20.4. The lowest BCUT2D eigenvalue weighted by Crippen LogP contribution is -2.38. The van der Waals surface area contributed by atoms with Crippen molar-refractivity contribution in [3.05, 3.63) is 39.3 Å². The number of rotatable bonds is 6. The fourth-order valence-corrected chi connectivity index (χ4v) is 4.66. The lowest BCUT2D eigenvalue weighted by Gasteiger charge is -2.26. The standard InChI is InChI=1S/C21H23Cl2N3O2S/c1-13(2)17-12-29-21(25-17)16-11-15(22)14-3-4-18(19(23)20(14)24-16)28-10-7-26-5-8-27-9-6-26/h3-4,11-13H,5-10H2,1-2H3. The quantitative estimate of drug-likeness (QED) is 0.494. The molecule has 0 amide bonds. The third kappa shape index (κ3) is 4.67. The van der Waals surface area contributed by atoms with E-state index in [1.165, 1.54) is 0 Å². The largest absolute Gasteiger partial charge is 0.491 e.